The summed E-state index contributed by atoms with van der Waals surface area (Å²) in [5, 5.41) is 2.47. The Kier molecular flexibility index (Phi) is 8.03. The van der Waals surface area contributed by atoms with E-state index in [-0.39, 0.29) is 10.8 Å². The number of amides is 1. The highest BCUT2D eigenvalue weighted by molar-refractivity contribution is 8.00. The molecule has 0 aromatic heterocycles. The molecule has 0 bridgehead atoms. The molecule has 0 fully saturated rings. The van der Waals surface area contributed by atoms with Crippen LogP contribution in [0, 0.1) is 0 Å². The molecule has 4 rings (SSSR count). The van der Waals surface area contributed by atoms with Gasteiger partial charge in [-0.1, -0.05) is 55.0 Å². The molecule has 3 aromatic rings. The largest absolute Gasteiger partial charge is 0.325 e. The summed E-state index contributed by atoms with van der Waals surface area (Å²) in [5.74, 6) is 0.333. The minimum absolute atomic E-state index is 0.135. The second-order valence-electron chi connectivity index (χ2n) is 7.98. The molecule has 1 unspecified atom stereocenters. The van der Waals surface area contributed by atoms with Crippen molar-refractivity contribution >= 4 is 39.2 Å². The van der Waals surface area contributed by atoms with Gasteiger partial charge in [0.2, 0.25) is 5.91 Å². The fourth-order valence-electron chi connectivity index (χ4n) is 3.63. The van der Waals surface area contributed by atoms with Gasteiger partial charge in [-0.25, -0.2) is 8.42 Å². The Bertz CT molecular complexity index is 1230. The highest BCUT2D eigenvalue weighted by Gasteiger charge is 2.23. The predicted octanol–water partition coefficient (Wildman–Crippen LogP) is 5.41. The summed E-state index contributed by atoms with van der Waals surface area (Å²) < 4.78 is 28.1. The SMILES string of the molecule is O=C(Nc1ccc(S(=O)(=O)NC2=NCCCCC2)cc1)C(Sc1ccccc1)c1ccccc1. The van der Waals surface area contributed by atoms with Crippen LogP contribution in [0.15, 0.2) is 99.7 Å². The summed E-state index contributed by atoms with van der Waals surface area (Å²) in [6, 6.07) is 25.6. The van der Waals surface area contributed by atoms with Crippen LogP contribution in [0.5, 0.6) is 0 Å². The number of carbonyl (C=O) groups excluding carboxylic acids is 1. The number of anilines is 1. The molecule has 8 heteroatoms. The summed E-state index contributed by atoms with van der Waals surface area (Å²) in [7, 11) is -3.72. The quantitative estimate of drug-likeness (QED) is 0.431. The number of nitrogens with zero attached hydrogens (tertiary/aromatic N) is 1. The third-order valence-corrected chi connectivity index (χ3v) is 8.06. The lowest BCUT2D eigenvalue weighted by molar-refractivity contribution is -0.115. The fourth-order valence-corrected chi connectivity index (χ4v) is 5.77. The van der Waals surface area contributed by atoms with Gasteiger partial charge in [-0.2, -0.15) is 0 Å². The molecule has 0 radical (unpaired) electrons. The monoisotopic (exact) mass is 493 g/mol. The number of carbonyl (C=O) groups is 1. The van der Waals surface area contributed by atoms with Gasteiger partial charge in [0.1, 0.15) is 11.1 Å². The van der Waals surface area contributed by atoms with E-state index in [4.69, 9.17) is 0 Å². The molecule has 0 spiro atoms. The number of nitrogens with one attached hydrogen (secondary N) is 2. The Morgan fingerprint density at radius 1 is 0.853 bits per heavy atom. The molecule has 0 saturated heterocycles. The van der Waals surface area contributed by atoms with Crippen molar-refractivity contribution < 1.29 is 13.2 Å². The van der Waals surface area contributed by atoms with Crippen molar-refractivity contribution in [2.24, 2.45) is 4.99 Å². The van der Waals surface area contributed by atoms with Crippen LogP contribution in [-0.4, -0.2) is 26.7 Å². The molecule has 6 nitrogen and oxygen atoms in total. The normalized spacial score (nSPS) is 15.0. The number of hydrogen-bond donors (Lipinski definition) is 2. The number of hydrogen-bond acceptors (Lipinski definition) is 5. The number of benzene rings is 3. The predicted molar refractivity (Wildman–Crippen MR) is 138 cm³/mol. The van der Waals surface area contributed by atoms with Crippen LogP contribution < -0.4 is 10.0 Å². The second-order valence-corrected chi connectivity index (χ2v) is 10.8. The molecule has 0 saturated carbocycles. The van der Waals surface area contributed by atoms with Crippen molar-refractivity contribution in [3.63, 3.8) is 0 Å². The first-order chi connectivity index (χ1) is 16.5. The average molecular weight is 494 g/mol. The van der Waals surface area contributed by atoms with Gasteiger partial charge in [-0.15, -0.1) is 11.8 Å². The van der Waals surface area contributed by atoms with E-state index in [2.05, 4.69) is 15.0 Å². The Labute approximate surface area is 204 Å². The van der Waals surface area contributed by atoms with E-state index >= 15 is 0 Å². The van der Waals surface area contributed by atoms with Gasteiger partial charge in [0, 0.05) is 23.5 Å². The molecular weight excluding hydrogens is 466 g/mol. The minimum Gasteiger partial charge on any atom is -0.325 e. The molecule has 34 heavy (non-hydrogen) atoms. The highest BCUT2D eigenvalue weighted by atomic mass is 32.2. The van der Waals surface area contributed by atoms with Crippen LogP contribution in [0.2, 0.25) is 0 Å². The minimum atomic E-state index is -3.72. The topological polar surface area (TPSA) is 87.6 Å². The van der Waals surface area contributed by atoms with E-state index < -0.39 is 15.3 Å². The molecule has 1 aliphatic heterocycles. The third kappa shape index (κ3) is 6.48. The van der Waals surface area contributed by atoms with E-state index in [1.807, 2.05) is 60.7 Å². The summed E-state index contributed by atoms with van der Waals surface area (Å²) >= 11 is 1.47. The Balaban J connectivity index is 1.47. The Hall–Kier alpha value is -3.10. The second kappa shape index (κ2) is 11.4. The molecule has 1 amide bonds. The van der Waals surface area contributed by atoms with E-state index in [9.17, 15) is 13.2 Å². The number of sulfonamides is 1. The first kappa shape index (κ1) is 24.0. The van der Waals surface area contributed by atoms with E-state index in [0.29, 0.717) is 24.5 Å². The molecule has 1 aliphatic rings. The number of thioether (sulfide) groups is 1. The Morgan fingerprint density at radius 2 is 1.53 bits per heavy atom. The van der Waals surface area contributed by atoms with E-state index in [0.717, 1.165) is 29.7 Å². The van der Waals surface area contributed by atoms with Crippen molar-refractivity contribution in [3.05, 3.63) is 90.5 Å². The third-order valence-electron chi connectivity index (χ3n) is 5.40. The zero-order valence-corrected chi connectivity index (χ0v) is 20.3. The maximum atomic E-state index is 13.2. The van der Waals surface area contributed by atoms with Crippen LogP contribution >= 0.6 is 11.8 Å². The van der Waals surface area contributed by atoms with Crippen LogP contribution in [0.3, 0.4) is 0 Å². The van der Waals surface area contributed by atoms with Gasteiger partial charge in [0.15, 0.2) is 0 Å². The van der Waals surface area contributed by atoms with Crippen LogP contribution in [-0.2, 0) is 14.8 Å². The number of rotatable bonds is 7. The summed E-state index contributed by atoms with van der Waals surface area (Å²) in [6.45, 7) is 0.645. The molecule has 3 aromatic carbocycles. The van der Waals surface area contributed by atoms with Crippen molar-refractivity contribution in [2.45, 2.75) is 40.7 Å². The maximum absolute atomic E-state index is 13.2. The van der Waals surface area contributed by atoms with Crippen molar-refractivity contribution in [3.8, 4) is 0 Å². The van der Waals surface area contributed by atoms with Crippen molar-refractivity contribution in [1.82, 2.24) is 4.72 Å². The van der Waals surface area contributed by atoms with Crippen LogP contribution in [0.4, 0.5) is 5.69 Å². The van der Waals surface area contributed by atoms with Gasteiger partial charge in [0.25, 0.3) is 10.0 Å². The molecule has 0 aliphatic carbocycles. The highest BCUT2D eigenvalue weighted by Crippen LogP contribution is 2.36. The smallest absolute Gasteiger partial charge is 0.262 e. The average Bonchev–Trinajstić information content (AvgIpc) is 3.12. The zero-order chi connectivity index (χ0) is 23.8. The fraction of sp³-hybridized carbons (Fsp3) is 0.231. The number of amidine groups is 1. The van der Waals surface area contributed by atoms with Crippen molar-refractivity contribution in [1.29, 1.82) is 0 Å². The molecule has 176 valence electrons. The van der Waals surface area contributed by atoms with Gasteiger partial charge in [-0.05, 0) is 54.8 Å². The van der Waals surface area contributed by atoms with E-state index in [1.165, 1.54) is 23.9 Å². The molecule has 2 N–H and O–H groups in total. The van der Waals surface area contributed by atoms with Crippen LogP contribution in [0.25, 0.3) is 0 Å². The molecule has 1 atom stereocenters. The standard InChI is InChI=1S/C26H27N3O3S2/c30-26(25(20-10-4-1-5-11-20)33-22-12-6-2-7-13-22)28-21-15-17-23(18-16-21)34(31,32)29-24-14-8-3-9-19-27-24/h1-2,4-7,10-13,15-18,25H,3,8-9,14,19H2,(H,27,29)(H,28,30). The summed E-state index contributed by atoms with van der Waals surface area (Å²) in [5.41, 5.74) is 1.42. The van der Waals surface area contributed by atoms with Gasteiger partial charge >= 0.3 is 0 Å². The first-order valence-corrected chi connectivity index (χ1v) is 13.6. The van der Waals surface area contributed by atoms with Crippen molar-refractivity contribution in [2.75, 3.05) is 11.9 Å². The molecular formula is C26H27N3O3S2. The lowest BCUT2D eigenvalue weighted by Gasteiger charge is -2.17. The lowest BCUT2D eigenvalue weighted by atomic mass is 10.1. The van der Waals surface area contributed by atoms with Gasteiger partial charge < -0.3 is 5.32 Å². The number of aliphatic imine (C=N–C) groups is 1. The summed E-state index contributed by atoms with van der Waals surface area (Å²) in [6.07, 6.45) is 3.59. The van der Waals surface area contributed by atoms with E-state index in [1.54, 1.807) is 12.1 Å². The van der Waals surface area contributed by atoms with Gasteiger partial charge in [-0.3, -0.25) is 14.5 Å². The zero-order valence-electron chi connectivity index (χ0n) is 18.7. The van der Waals surface area contributed by atoms with Gasteiger partial charge in [0.05, 0.1) is 4.90 Å². The maximum Gasteiger partial charge on any atom is 0.262 e. The molecule has 1 heterocycles. The summed E-state index contributed by atoms with van der Waals surface area (Å²) in [4.78, 5) is 18.7. The van der Waals surface area contributed by atoms with Crippen LogP contribution in [0.1, 0.15) is 36.5 Å². The first-order valence-electron chi connectivity index (χ1n) is 11.2. The Morgan fingerprint density at radius 3 is 2.24 bits per heavy atom. The lowest BCUT2D eigenvalue weighted by Crippen LogP contribution is -2.30.